The number of aliphatic hydroxyl groups is 1. The summed E-state index contributed by atoms with van der Waals surface area (Å²) in [7, 11) is -4.06. The Labute approximate surface area is 235 Å². The highest BCUT2D eigenvalue weighted by molar-refractivity contribution is 7.92. The Morgan fingerprint density at radius 2 is 1.88 bits per heavy atom. The summed E-state index contributed by atoms with van der Waals surface area (Å²) in [6.07, 6.45) is 4.75. The van der Waals surface area contributed by atoms with E-state index in [1.54, 1.807) is 24.3 Å². The molecule has 0 radical (unpaired) electrons. The number of pyridine rings is 1. The van der Waals surface area contributed by atoms with Gasteiger partial charge in [-0.05, 0) is 61.1 Å². The summed E-state index contributed by atoms with van der Waals surface area (Å²) >= 11 is 0. The zero-order chi connectivity index (χ0) is 28.8. The van der Waals surface area contributed by atoms with Gasteiger partial charge in [0.15, 0.2) is 5.03 Å². The molecule has 8 nitrogen and oxygen atoms in total. The molecule has 0 aliphatic carbocycles. The maximum Gasteiger partial charge on any atom is 0.338 e. The first kappa shape index (κ1) is 28.8. The van der Waals surface area contributed by atoms with Gasteiger partial charge >= 0.3 is 5.97 Å². The van der Waals surface area contributed by atoms with Crippen molar-refractivity contribution in [3.8, 4) is 6.07 Å². The second kappa shape index (κ2) is 12.3. The van der Waals surface area contributed by atoms with Crippen LogP contribution in [0.25, 0.3) is 0 Å². The van der Waals surface area contributed by atoms with Crippen molar-refractivity contribution >= 4 is 21.7 Å². The zero-order valence-electron chi connectivity index (χ0n) is 22.6. The quantitative estimate of drug-likeness (QED) is 0.268. The number of aryl methyl sites for hydroxylation is 1. The van der Waals surface area contributed by atoms with Crippen LogP contribution in [0.1, 0.15) is 68.6 Å². The fourth-order valence-electron chi connectivity index (χ4n) is 5.28. The number of ether oxygens (including phenoxy) is 1. The van der Waals surface area contributed by atoms with Crippen LogP contribution in [0.5, 0.6) is 0 Å². The number of hydrogen-bond donors (Lipinski definition) is 2. The average Bonchev–Trinajstić information content (AvgIpc) is 2.94. The van der Waals surface area contributed by atoms with Crippen molar-refractivity contribution in [2.75, 3.05) is 4.72 Å². The van der Waals surface area contributed by atoms with Gasteiger partial charge in [-0.2, -0.15) is 13.7 Å². The third-order valence-corrected chi connectivity index (χ3v) is 8.46. The molecular weight excluding hydrogens is 526 g/mol. The molecule has 0 bridgehead atoms. The summed E-state index contributed by atoms with van der Waals surface area (Å²) in [6.45, 7) is 3.93. The molecule has 4 rings (SSSR count). The van der Waals surface area contributed by atoms with Crippen LogP contribution in [0.2, 0.25) is 0 Å². The minimum absolute atomic E-state index is 0.0214. The Morgan fingerprint density at radius 3 is 2.55 bits per heavy atom. The van der Waals surface area contributed by atoms with Crippen LogP contribution in [-0.4, -0.2) is 30.1 Å². The Morgan fingerprint density at radius 1 is 1.10 bits per heavy atom. The third-order valence-electron chi connectivity index (χ3n) is 7.18. The van der Waals surface area contributed by atoms with Gasteiger partial charge in [-0.25, -0.2) is 9.78 Å². The normalized spacial score (nSPS) is 18.1. The lowest BCUT2D eigenvalue weighted by Crippen LogP contribution is -2.41. The van der Waals surface area contributed by atoms with Crippen LogP contribution >= 0.6 is 0 Å². The summed E-state index contributed by atoms with van der Waals surface area (Å²) in [6, 6.07) is 21.2. The van der Waals surface area contributed by atoms with Crippen molar-refractivity contribution in [1.82, 2.24) is 4.98 Å². The predicted molar refractivity (Wildman–Crippen MR) is 152 cm³/mol. The van der Waals surface area contributed by atoms with E-state index < -0.39 is 27.5 Å². The van der Waals surface area contributed by atoms with E-state index >= 15 is 0 Å². The number of nitrogens with one attached hydrogen (secondary N) is 1. The number of esters is 1. The predicted octanol–water partition coefficient (Wildman–Crippen LogP) is 6.18. The van der Waals surface area contributed by atoms with Crippen molar-refractivity contribution in [2.24, 2.45) is 0 Å². The molecule has 208 valence electrons. The topological polar surface area (TPSA) is 129 Å². The van der Waals surface area contributed by atoms with E-state index in [-0.39, 0.29) is 34.0 Å². The van der Waals surface area contributed by atoms with Crippen molar-refractivity contribution in [3.63, 3.8) is 0 Å². The molecular formula is C31H33N3O5S. The first-order valence-corrected chi connectivity index (χ1v) is 14.9. The molecule has 2 unspecified atom stereocenters. The molecule has 0 saturated heterocycles. The molecule has 2 heterocycles. The average molecular weight is 560 g/mol. The minimum atomic E-state index is -4.06. The summed E-state index contributed by atoms with van der Waals surface area (Å²) in [5.74, 6) is -1.01. The number of carbonyl (C=O) groups excluding carboxylic acids is 1. The number of cyclic esters (lactones) is 1. The van der Waals surface area contributed by atoms with Gasteiger partial charge in [0.2, 0.25) is 0 Å². The number of aliphatic hydroxyl groups excluding tert-OH is 1. The maximum absolute atomic E-state index is 13.5. The molecule has 1 aliphatic heterocycles. The van der Waals surface area contributed by atoms with Gasteiger partial charge in [0.1, 0.15) is 11.4 Å². The summed E-state index contributed by atoms with van der Waals surface area (Å²) in [4.78, 5) is 17.3. The van der Waals surface area contributed by atoms with E-state index in [1.165, 1.54) is 18.3 Å². The van der Waals surface area contributed by atoms with E-state index in [0.29, 0.717) is 24.8 Å². The summed E-state index contributed by atoms with van der Waals surface area (Å²) in [5.41, 5.74) is 1.67. The zero-order valence-corrected chi connectivity index (χ0v) is 23.4. The van der Waals surface area contributed by atoms with E-state index in [2.05, 4.69) is 9.71 Å². The smallest absolute Gasteiger partial charge is 0.338 e. The Balaban J connectivity index is 1.59. The van der Waals surface area contributed by atoms with Crippen LogP contribution < -0.4 is 4.72 Å². The number of nitriles is 1. The third kappa shape index (κ3) is 6.52. The molecule has 2 aromatic carbocycles. The standard InChI is InChI=1S/C31H33N3O5S/c1-3-15-31(16-13-22-9-6-5-7-10-22)20-27(35)29(30(36)39-31)26(4-2)24-11-8-12-25(19-24)34-40(37,38)28-18-23(21-32)14-17-33-28/h5-12,14,17-19,26,34-35H,3-4,13,15-16,20H2,1-2H3. The Kier molecular flexibility index (Phi) is 8.90. The van der Waals surface area contributed by atoms with Crippen molar-refractivity contribution in [1.29, 1.82) is 5.26 Å². The largest absolute Gasteiger partial charge is 0.512 e. The highest BCUT2D eigenvalue weighted by Gasteiger charge is 2.43. The highest BCUT2D eigenvalue weighted by atomic mass is 32.2. The maximum atomic E-state index is 13.5. The van der Waals surface area contributed by atoms with Gasteiger partial charge in [-0.15, -0.1) is 0 Å². The molecule has 0 saturated carbocycles. The molecule has 3 aromatic rings. The van der Waals surface area contributed by atoms with Gasteiger partial charge in [0, 0.05) is 24.2 Å². The molecule has 2 N–H and O–H groups in total. The van der Waals surface area contributed by atoms with Crippen molar-refractivity contribution in [2.45, 2.75) is 68.9 Å². The second-order valence-electron chi connectivity index (χ2n) is 10.0. The van der Waals surface area contributed by atoms with Crippen LogP contribution in [0.4, 0.5) is 5.69 Å². The van der Waals surface area contributed by atoms with Crippen LogP contribution in [0.3, 0.4) is 0 Å². The van der Waals surface area contributed by atoms with E-state index in [4.69, 9.17) is 10.00 Å². The number of sulfonamides is 1. The van der Waals surface area contributed by atoms with E-state index in [0.717, 1.165) is 18.4 Å². The minimum Gasteiger partial charge on any atom is -0.512 e. The SMILES string of the molecule is CCCC1(CCc2ccccc2)CC(O)=C(C(CC)c2cccc(NS(=O)(=O)c3cc(C#N)ccn3)c2)C(=O)O1. The molecule has 0 amide bonds. The summed E-state index contributed by atoms with van der Waals surface area (Å²) < 4.78 is 34.4. The molecule has 40 heavy (non-hydrogen) atoms. The highest BCUT2D eigenvalue weighted by Crippen LogP contribution is 2.42. The van der Waals surface area contributed by atoms with Gasteiger partial charge in [0.05, 0.1) is 17.2 Å². The van der Waals surface area contributed by atoms with Crippen LogP contribution in [-0.2, 0) is 26.0 Å². The van der Waals surface area contributed by atoms with Crippen molar-refractivity contribution in [3.05, 3.63) is 101 Å². The molecule has 1 aliphatic rings. The van der Waals surface area contributed by atoms with Crippen LogP contribution in [0.15, 0.2) is 89.3 Å². The number of hydrogen-bond acceptors (Lipinski definition) is 7. The summed E-state index contributed by atoms with van der Waals surface area (Å²) in [5, 5.41) is 20.1. The Hall–Kier alpha value is -4.16. The molecule has 2 atom stereocenters. The fraction of sp³-hybridized carbons (Fsp3) is 0.323. The lowest BCUT2D eigenvalue weighted by molar-refractivity contribution is -0.161. The molecule has 9 heteroatoms. The van der Waals surface area contributed by atoms with Gasteiger partial charge in [0.25, 0.3) is 10.0 Å². The number of benzene rings is 2. The van der Waals surface area contributed by atoms with Crippen molar-refractivity contribution < 1.29 is 23.1 Å². The monoisotopic (exact) mass is 559 g/mol. The first-order chi connectivity index (χ1) is 19.2. The number of rotatable bonds is 11. The number of aromatic nitrogens is 1. The second-order valence-corrected chi connectivity index (χ2v) is 11.7. The lowest BCUT2D eigenvalue weighted by atomic mass is 9.80. The van der Waals surface area contributed by atoms with Gasteiger partial charge < -0.3 is 9.84 Å². The number of carbonyl (C=O) groups is 1. The van der Waals surface area contributed by atoms with Gasteiger partial charge in [-0.1, -0.05) is 62.7 Å². The number of nitrogens with zero attached hydrogens (tertiary/aromatic N) is 2. The number of anilines is 1. The molecule has 1 aromatic heterocycles. The molecule has 0 spiro atoms. The Bertz CT molecular complexity index is 1550. The van der Waals surface area contributed by atoms with Gasteiger partial charge in [-0.3, -0.25) is 4.72 Å². The molecule has 0 fully saturated rings. The van der Waals surface area contributed by atoms with Crippen LogP contribution in [0, 0.1) is 11.3 Å². The van der Waals surface area contributed by atoms with E-state index in [9.17, 15) is 18.3 Å². The fourth-order valence-corrected chi connectivity index (χ4v) is 6.31. The lowest BCUT2D eigenvalue weighted by Gasteiger charge is -2.38. The first-order valence-electron chi connectivity index (χ1n) is 13.4. The van der Waals surface area contributed by atoms with E-state index in [1.807, 2.05) is 50.2 Å².